The van der Waals surface area contributed by atoms with Crippen molar-refractivity contribution in [2.45, 2.75) is 49.1 Å². The molecule has 1 amide bonds. The summed E-state index contributed by atoms with van der Waals surface area (Å²) in [6.45, 7) is 6.72. The summed E-state index contributed by atoms with van der Waals surface area (Å²) in [5.74, 6) is 0.0899. The lowest BCUT2D eigenvalue weighted by Gasteiger charge is -2.18. The fraction of sp³-hybridized carbons (Fsp3) is 0.348. The number of benzene rings is 2. The highest BCUT2D eigenvalue weighted by Crippen LogP contribution is 2.29. The summed E-state index contributed by atoms with van der Waals surface area (Å²) in [7, 11) is -3.60. The molecule has 0 bridgehead atoms. The lowest BCUT2D eigenvalue weighted by molar-refractivity contribution is -0.120. The Hall–Kier alpha value is -2.69. The van der Waals surface area contributed by atoms with Crippen molar-refractivity contribution in [3.05, 3.63) is 60.2 Å². The summed E-state index contributed by atoms with van der Waals surface area (Å²) in [5.41, 5.74) is 1.52. The quantitative estimate of drug-likeness (QED) is 0.407. The minimum Gasteiger partial charge on any atom is -0.411 e. The predicted octanol–water partition coefficient (Wildman–Crippen LogP) is 3.95. The molecule has 0 radical (unpaired) electrons. The molecule has 8 nitrogen and oxygen atoms in total. The van der Waals surface area contributed by atoms with Crippen molar-refractivity contribution in [2.24, 2.45) is 0 Å². The Labute approximate surface area is 198 Å². The fourth-order valence-electron chi connectivity index (χ4n) is 3.22. The van der Waals surface area contributed by atoms with Gasteiger partial charge in [-0.05, 0) is 30.2 Å². The molecule has 0 spiro atoms. The standard InChI is InChI=1S/C23H28N4O4S2/c1-4-20(21(28)24-16-17-11-8-7-9-12-17)32-23-26-25-22(31-23)18-13-10-14-19(15-18)33(29,30)27(5-2)6-3/h7-15,20H,4-6,16H2,1-3H3,(H,24,28). The molecular formula is C23H28N4O4S2. The molecule has 1 N–H and O–H groups in total. The van der Waals surface area contributed by atoms with Gasteiger partial charge in [0.25, 0.3) is 5.22 Å². The first-order valence-electron chi connectivity index (χ1n) is 10.8. The molecule has 10 heteroatoms. The van der Waals surface area contributed by atoms with Gasteiger partial charge in [0.2, 0.25) is 21.8 Å². The Kier molecular flexibility index (Phi) is 8.65. The summed E-state index contributed by atoms with van der Waals surface area (Å²) in [6.07, 6.45) is 0.584. The second-order valence-corrected chi connectivity index (χ2v) is 10.3. The monoisotopic (exact) mass is 488 g/mol. The van der Waals surface area contributed by atoms with Crippen molar-refractivity contribution in [1.29, 1.82) is 0 Å². The third-order valence-electron chi connectivity index (χ3n) is 5.05. The topological polar surface area (TPSA) is 105 Å². The summed E-state index contributed by atoms with van der Waals surface area (Å²) in [5, 5.41) is 10.9. The largest absolute Gasteiger partial charge is 0.411 e. The number of thioether (sulfide) groups is 1. The maximum absolute atomic E-state index is 12.8. The maximum atomic E-state index is 12.8. The Bertz CT molecular complexity index is 1160. The van der Waals surface area contributed by atoms with Gasteiger partial charge in [0.15, 0.2) is 0 Å². The Morgan fingerprint density at radius 1 is 1.06 bits per heavy atom. The Morgan fingerprint density at radius 3 is 2.45 bits per heavy atom. The molecule has 176 valence electrons. The van der Waals surface area contributed by atoms with Crippen molar-refractivity contribution >= 4 is 27.7 Å². The van der Waals surface area contributed by atoms with Crippen LogP contribution in [-0.4, -0.2) is 47.2 Å². The van der Waals surface area contributed by atoms with E-state index in [1.807, 2.05) is 37.3 Å². The van der Waals surface area contributed by atoms with Gasteiger partial charge in [-0.25, -0.2) is 8.42 Å². The van der Waals surface area contributed by atoms with Gasteiger partial charge < -0.3 is 9.73 Å². The zero-order valence-corrected chi connectivity index (χ0v) is 20.5. The van der Waals surface area contributed by atoms with Gasteiger partial charge in [-0.2, -0.15) is 4.31 Å². The van der Waals surface area contributed by atoms with Crippen LogP contribution in [0.3, 0.4) is 0 Å². The van der Waals surface area contributed by atoms with E-state index in [-0.39, 0.29) is 21.9 Å². The molecule has 0 saturated carbocycles. The predicted molar refractivity (Wildman–Crippen MR) is 128 cm³/mol. The summed E-state index contributed by atoms with van der Waals surface area (Å²) >= 11 is 1.19. The Balaban J connectivity index is 1.70. The molecule has 0 fully saturated rings. The normalized spacial score (nSPS) is 12.6. The van der Waals surface area contributed by atoms with E-state index >= 15 is 0 Å². The lowest BCUT2D eigenvalue weighted by atomic mass is 10.2. The van der Waals surface area contributed by atoms with Crippen molar-refractivity contribution in [2.75, 3.05) is 13.1 Å². The first-order chi connectivity index (χ1) is 15.9. The molecule has 3 rings (SSSR count). The average molecular weight is 489 g/mol. The molecule has 1 aromatic heterocycles. The van der Waals surface area contributed by atoms with E-state index in [1.54, 1.807) is 32.0 Å². The SMILES string of the molecule is CCC(Sc1nnc(-c2cccc(S(=O)(=O)N(CC)CC)c2)o1)C(=O)NCc1ccccc1. The smallest absolute Gasteiger partial charge is 0.277 e. The molecule has 0 saturated heterocycles. The van der Waals surface area contributed by atoms with Gasteiger partial charge in [0.05, 0.1) is 10.1 Å². The fourth-order valence-corrected chi connectivity index (χ4v) is 5.54. The minimum absolute atomic E-state index is 0.113. The van der Waals surface area contributed by atoms with Crippen LogP contribution >= 0.6 is 11.8 Å². The van der Waals surface area contributed by atoms with Crippen LogP contribution in [0.2, 0.25) is 0 Å². The minimum atomic E-state index is -3.60. The number of sulfonamides is 1. The van der Waals surface area contributed by atoms with E-state index in [4.69, 9.17) is 4.42 Å². The van der Waals surface area contributed by atoms with Crippen LogP contribution in [0.1, 0.15) is 32.8 Å². The molecule has 33 heavy (non-hydrogen) atoms. The third-order valence-corrected chi connectivity index (χ3v) is 8.29. The number of rotatable bonds is 11. The van der Waals surface area contributed by atoms with Gasteiger partial charge in [-0.15, -0.1) is 10.2 Å². The highest BCUT2D eigenvalue weighted by atomic mass is 32.2. The molecule has 0 aliphatic carbocycles. The Morgan fingerprint density at radius 2 is 1.79 bits per heavy atom. The van der Waals surface area contributed by atoms with Crippen LogP contribution in [0, 0.1) is 0 Å². The van der Waals surface area contributed by atoms with E-state index in [2.05, 4.69) is 15.5 Å². The molecule has 1 unspecified atom stereocenters. The van der Waals surface area contributed by atoms with Crippen molar-refractivity contribution in [3.63, 3.8) is 0 Å². The van der Waals surface area contributed by atoms with Crippen molar-refractivity contribution < 1.29 is 17.6 Å². The van der Waals surface area contributed by atoms with Gasteiger partial charge in [-0.3, -0.25) is 4.79 Å². The number of hydrogen-bond donors (Lipinski definition) is 1. The number of nitrogens with zero attached hydrogens (tertiary/aromatic N) is 3. The zero-order valence-electron chi connectivity index (χ0n) is 18.9. The van der Waals surface area contributed by atoms with Gasteiger partial charge in [0.1, 0.15) is 0 Å². The molecule has 1 heterocycles. The number of carbonyl (C=O) groups is 1. The highest BCUT2D eigenvalue weighted by molar-refractivity contribution is 8.00. The van der Waals surface area contributed by atoms with Crippen LogP contribution < -0.4 is 5.32 Å². The van der Waals surface area contributed by atoms with Crippen LogP contribution in [0.5, 0.6) is 0 Å². The first-order valence-corrected chi connectivity index (χ1v) is 13.1. The molecule has 2 aromatic carbocycles. The van der Waals surface area contributed by atoms with Gasteiger partial charge in [-0.1, -0.05) is 68.9 Å². The second kappa shape index (κ2) is 11.4. The number of aromatic nitrogens is 2. The number of amides is 1. The van der Waals surface area contributed by atoms with Gasteiger partial charge >= 0.3 is 0 Å². The summed E-state index contributed by atoms with van der Waals surface area (Å²) in [6, 6.07) is 16.1. The highest BCUT2D eigenvalue weighted by Gasteiger charge is 2.24. The second-order valence-electron chi connectivity index (χ2n) is 7.21. The number of carbonyl (C=O) groups excluding carboxylic acids is 1. The molecule has 0 aliphatic heterocycles. The van der Waals surface area contributed by atoms with Crippen LogP contribution in [-0.2, 0) is 21.4 Å². The molecule has 0 aliphatic rings. The molecule has 1 atom stereocenters. The van der Waals surface area contributed by atoms with E-state index in [1.165, 1.54) is 22.1 Å². The summed E-state index contributed by atoms with van der Waals surface area (Å²) < 4.78 is 32.8. The maximum Gasteiger partial charge on any atom is 0.277 e. The van der Waals surface area contributed by atoms with E-state index in [9.17, 15) is 13.2 Å². The zero-order chi connectivity index (χ0) is 23.8. The van der Waals surface area contributed by atoms with Crippen molar-refractivity contribution in [3.8, 4) is 11.5 Å². The summed E-state index contributed by atoms with van der Waals surface area (Å²) in [4.78, 5) is 12.8. The first kappa shape index (κ1) is 24.9. The average Bonchev–Trinajstić information content (AvgIpc) is 3.31. The third kappa shape index (κ3) is 6.21. The molecular weight excluding hydrogens is 460 g/mol. The number of nitrogens with one attached hydrogen (secondary N) is 1. The van der Waals surface area contributed by atoms with E-state index in [0.717, 1.165) is 5.56 Å². The lowest BCUT2D eigenvalue weighted by Crippen LogP contribution is -2.31. The van der Waals surface area contributed by atoms with Crippen LogP contribution in [0.15, 0.2) is 69.1 Å². The number of hydrogen-bond acceptors (Lipinski definition) is 7. The van der Waals surface area contributed by atoms with E-state index in [0.29, 0.717) is 31.6 Å². The van der Waals surface area contributed by atoms with E-state index < -0.39 is 15.3 Å². The molecule has 3 aromatic rings. The van der Waals surface area contributed by atoms with Gasteiger partial charge in [0, 0.05) is 25.2 Å². The van der Waals surface area contributed by atoms with Crippen LogP contribution in [0.4, 0.5) is 0 Å². The van der Waals surface area contributed by atoms with Crippen molar-refractivity contribution in [1.82, 2.24) is 19.8 Å². The van der Waals surface area contributed by atoms with Crippen LogP contribution in [0.25, 0.3) is 11.5 Å².